The monoisotopic (exact) mass is 327 g/mol. The lowest BCUT2D eigenvalue weighted by atomic mass is 10.2. The number of hydrogen-bond acceptors (Lipinski definition) is 7. The first kappa shape index (κ1) is 15.5. The third-order valence-electron chi connectivity index (χ3n) is 3.15. The van der Waals surface area contributed by atoms with E-state index in [1.807, 2.05) is 18.2 Å². The largest absolute Gasteiger partial charge is 0.377 e. The number of pyridine rings is 1. The molecule has 0 spiro atoms. The normalized spacial score (nSPS) is 10.7. The fraction of sp³-hybridized carbons (Fsp3) is 0.250. The molecule has 0 atom stereocenters. The second-order valence-electron chi connectivity index (χ2n) is 4.83. The molecular weight excluding hydrogens is 310 g/mol. The van der Waals surface area contributed by atoms with Gasteiger partial charge in [-0.25, -0.2) is 15.0 Å². The van der Waals surface area contributed by atoms with Crippen molar-refractivity contribution in [1.82, 2.24) is 19.9 Å². The second kappa shape index (κ2) is 7.75. The average Bonchev–Trinajstić information content (AvgIpc) is 3.05. The van der Waals surface area contributed by atoms with Crippen molar-refractivity contribution >= 4 is 17.2 Å². The molecule has 1 N–H and O–H groups in total. The maximum Gasteiger partial charge on any atom is 0.156 e. The van der Waals surface area contributed by atoms with Crippen LogP contribution in [0.25, 0.3) is 11.3 Å². The van der Waals surface area contributed by atoms with E-state index in [1.54, 1.807) is 37.0 Å². The highest BCUT2D eigenvalue weighted by Crippen LogP contribution is 2.21. The van der Waals surface area contributed by atoms with Crippen LogP contribution in [-0.2, 0) is 17.8 Å². The van der Waals surface area contributed by atoms with Gasteiger partial charge in [0.1, 0.15) is 12.4 Å². The molecule has 0 amide bonds. The molecule has 3 aromatic rings. The number of ether oxygens (including phenoxy) is 1. The zero-order chi connectivity index (χ0) is 15.9. The van der Waals surface area contributed by atoms with E-state index in [-0.39, 0.29) is 0 Å². The van der Waals surface area contributed by atoms with Gasteiger partial charge in [0.2, 0.25) is 0 Å². The van der Waals surface area contributed by atoms with Gasteiger partial charge in [-0.1, -0.05) is 0 Å². The molecular formula is C16H17N5OS. The molecule has 6 nitrogen and oxygen atoms in total. The third kappa shape index (κ3) is 4.30. The Morgan fingerprint density at radius 3 is 2.83 bits per heavy atom. The van der Waals surface area contributed by atoms with Gasteiger partial charge in [0.05, 0.1) is 10.7 Å². The van der Waals surface area contributed by atoms with Crippen LogP contribution in [0, 0.1) is 0 Å². The van der Waals surface area contributed by atoms with E-state index in [2.05, 4.69) is 30.6 Å². The second-order valence-corrected chi connectivity index (χ2v) is 5.77. The van der Waals surface area contributed by atoms with Crippen LogP contribution in [0.4, 0.5) is 5.82 Å². The summed E-state index contributed by atoms with van der Waals surface area (Å²) in [5, 5.41) is 6.46. The summed E-state index contributed by atoms with van der Waals surface area (Å²) in [5.41, 5.74) is 2.09. The van der Waals surface area contributed by atoms with E-state index in [0.717, 1.165) is 35.0 Å². The fourth-order valence-electron chi connectivity index (χ4n) is 2.07. The van der Waals surface area contributed by atoms with E-state index in [4.69, 9.17) is 4.74 Å². The summed E-state index contributed by atoms with van der Waals surface area (Å²) in [6.07, 6.45) is 6.14. The number of rotatable bonds is 7. The Bertz CT molecular complexity index is 747. The molecule has 0 fully saturated rings. The standard InChI is InChI=1S/C16H17N5OS/c1-22-10-15-19-8-4-14(21-15)18-9-5-16-20-13(11-23-16)12-2-6-17-7-3-12/h2-4,6-8,11H,5,9-10H2,1H3,(H,18,19,21). The van der Waals surface area contributed by atoms with Crippen LogP contribution in [-0.4, -0.2) is 33.6 Å². The molecule has 3 aromatic heterocycles. The van der Waals surface area contributed by atoms with Gasteiger partial charge in [-0.05, 0) is 18.2 Å². The zero-order valence-electron chi connectivity index (χ0n) is 12.8. The summed E-state index contributed by atoms with van der Waals surface area (Å²) in [7, 11) is 1.63. The van der Waals surface area contributed by atoms with Crippen molar-refractivity contribution in [3.63, 3.8) is 0 Å². The number of nitrogens with zero attached hydrogens (tertiary/aromatic N) is 4. The number of nitrogens with one attached hydrogen (secondary N) is 1. The third-order valence-corrected chi connectivity index (χ3v) is 4.06. The first-order valence-corrected chi connectivity index (χ1v) is 8.12. The van der Waals surface area contributed by atoms with Crippen LogP contribution >= 0.6 is 11.3 Å². The van der Waals surface area contributed by atoms with Crippen molar-refractivity contribution in [2.75, 3.05) is 19.0 Å². The summed E-state index contributed by atoms with van der Waals surface area (Å²) >= 11 is 1.67. The molecule has 0 bridgehead atoms. The van der Waals surface area contributed by atoms with Crippen molar-refractivity contribution in [3.05, 3.63) is 53.0 Å². The van der Waals surface area contributed by atoms with Gasteiger partial charge >= 0.3 is 0 Å². The number of thiazole rings is 1. The molecule has 0 aliphatic heterocycles. The minimum absolute atomic E-state index is 0.414. The van der Waals surface area contributed by atoms with Gasteiger partial charge in [0.25, 0.3) is 0 Å². The molecule has 0 saturated heterocycles. The van der Waals surface area contributed by atoms with E-state index < -0.39 is 0 Å². The summed E-state index contributed by atoms with van der Waals surface area (Å²) < 4.78 is 5.04. The Kier molecular flexibility index (Phi) is 5.23. The first-order chi connectivity index (χ1) is 11.3. The predicted octanol–water partition coefficient (Wildman–Crippen LogP) is 2.80. The Labute approximate surface area is 138 Å². The summed E-state index contributed by atoms with van der Waals surface area (Å²) in [6.45, 7) is 1.18. The molecule has 0 aliphatic carbocycles. The molecule has 0 unspecified atom stereocenters. The molecule has 0 saturated carbocycles. The average molecular weight is 327 g/mol. The number of hydrogen-bond donors (Lipinski definition) is 1. The quantitative estimate of drug-likeness (QED) is 0.719. The smallest absolute Gasteiger partial charge is 0.156 e. The lowest BCUT2D eigenvalue weighted by Crippen LogP contribution is -2.08. The Morgan fingerprint density at radius 2 is 2.00 bits per heavy atom. The highest BCUT2D eigenvalue weighted by molar-refractivity contribution is 7.09. The maximum atomic E-state index is 5.04. The van der Waals surface area contributed by atoms with E-state index in [9.17, 15) is 0 Å². The van der Waals surface area contributed by atoms with E-state index in [1.165, 1.54) is 0 Å². The lowest BCUT2D eigenvalue weighted by Gasteiger charge is -2.05. The molecule has 3 heterocycles. The number of aromatic nitrogens is 4. The van der Waals surface area contributed by atoms with E-state index >= 15 is 0 Å². The van der Waals surface area contributed by atoms with Crippen molar-refractivity contribution in [2.45, 2.75) is 13.0 Å². The van der Waals surface area contributed by atoms with Crippen molar-refractivity contribution in [2.24, 2.45) is 0 Å². The molecule has 7 heteroatoms. The van der Waals surface area contributed by atoms with Gasteiger partial charge in [-0.3, -0.25) is 4.98 Å². The number of anilines is 1. The topological polar surface area (TPSA) is 72.8 Å². The Hall–Kier alpha value is -2.38. The van der Waals surface area contributed by atoms with Crippen LogP contribution in [0.2, 0.25) is 0 Å². The molecule has 23 heavy (non-hydrogen) atoms. The summed E-state index contributed by atoms with van der Waals surface area (Å²) in [4.78, 5) is 17.2. The minimum atomic E-state index is 0.414. The molecule has 3 rings (SSSR count). The minimum Gasteiger partial charge on any atom is -0.377 e. The Balaban J connectivity index is 1.55. The lowest BCUT2D eigenvalue weighted by molar-refractivity contribution is 0.178. The van der Waals surface area contributed by atoms with Crippen LogP contribution < -0.4 is 5.32 Å². The highest BCUT2D eigenvalue weighted by atomic mass is 32.1. The SMILES string of the molecule is COCc1nccc(NCCc2nc(-c3ccncc3)cs2)n1. The van der Waals surface area contributed by atoms with Crippen LogP contribution in [0.5, 0.6) is 0 Å². The van der Waals surface area contributed by atoms with Gasteiger partial charge in [0.15, 0.2) is 5.82 Å². The van der Waals surface area contributed by atoms with Crippen molar-refractivity contribution < 1.29 is 4.74 Å². The first-order valence-electron chi connectivity index (χ1n) is 7.24. The van der Waals surface area contributed by atoms with Gasteiger partial charge in [-0.15, -0.1) is 11.3 Å². The van der Waals surface area contributed by atoms with Gasteiger partial charge < -0.3 is 10.1 Å². The van der Waals surface area contributed by atoms with Crippen LogP contribution in [0.1, 0.15) is 10.8 Å². The fourth-order valence-corrected chi connectivity index (χ4v) is 2.88. The predicted molar refractivity (Wildman–Crippen MR) is 90.3 cm³/mol. The molecule has 0 radical (unpaired) electrons. The summed E-state index contributed by atoms with van der Waals surface area (Å²) in [6, 6.07) is 5.79. The number of methoxy groups -OCH3 is 1. The van der Waals surface area contributed by atoms with Gasteiger partial charge in [-0.2, -0.15) is 0 Å². The van der Waals surface area contributed by atoms with E-state index in [0.29, 0.717) is 12.4 Å². The molecule has 0 aromatic carbocycles. The van der Waals surface area contributed by atoms with Crippen LogP contribution in [0.3, 0.4) is 0 Å². The highest BCUT2D eigenvalue weighted by Gasteiger charge is 2.05. The van der Waals surface area contributed by atoms with Gasteiger partial charge in [0, 0.05) is 49.6 Å². The maximum absolute atomic E-state index is 5.04. The summed E-state index contributed by atoms with van der Waals surface area (Å²) in [5.74, 6) is 1.48. The Morgan fingerprint density at radius 1 is 1.13 bits per heavy atom. The van der Waals surface area contributed by atoms with Crippen LogP contribution in [0.15, 0.2) is 42.2 Å². The van der Waals surface area contributed by atoms with Crippen molar-refractivity contribution in [3.8, 4) is 11.3 Å². The molecule has 0 aliphatic rings. The molecule has 118 valence electrons. The zero-order valence-corrected chi connectivity index (χ0v) is 13.6. The van der Waals surface area contributed by atoms with Crippen molar-refractivity contribution in [1.29, 1.82) is 0 Å².